The number of aromatic nitrogens is 4. The molecule has 6 rings (SSSR count). The van der Waals surface area contributed by atoms with Crippen LogP contribution in [-0.4, -0.2) is 124 Å². The average Bonchev–Trinajstić information content (AvgIpc) is 4.06. The summed E-state index contributed by atoms with van der Waals surface area (Å²) in [6.07, 6.45) is 3.16. The Bertz CT molecular complexity index is 2210. The third-order valence-electron chi connectivity index (χ3n) is 10.5. The lowest BCUT2D eigenvalue weighted by Gasteiger charge is -2.40. The molecule has 4 N–H and O–H groups in total. The molecule has 2 saturated heterocycles. The number of benzene rings is 2. The van der Waals surface area contributed by atoms with E-state index in [1.165, 1.54) is 26.2 Å². The van der Waals surface area contributed by atoms with Gasteiger partial charge in [0.05, 0.1) is 57.7 Å². The Morgan fingerprint density at radius 3 is 1.75 bits per heavy atom. The van der Waals surface area contributed by atoms with Crippen molar-refractivity contribution in [1.82, 2.24) is 45.3 Å². The number of carbonyl (C=O) groups is 5. The van der Waals surface area contributed by atoms with E-state index < -0.39 is 36.4 Å². The largest absolute Gasteiger partial charge is 0.453 e. The summed E-state index contributed by atoms with van der Waals surface area (Å²) >= 11 is 0. The van der Waals surface area contributed by atoms with Gasteiger partial charge >= 0.3 is 18.3 Å². The maximum atomic E-state index is 13.5. The van der Waals surface area contributed by atoms with Gasteiger partial charge in [-0.15, -0.1) is 0 Å². The summed E-state index contributed by atoms with van der Waals surface area (Å²) in [6, 6.07) is 13.1. The molecule has 5 amide bonds. The molecule has 2 aliphatic heterocycles. The molecule has 2 aromatic heterocycles. The van der Waals surface area contributed by atoms with Crippen LogP contribution in [0.3, 0.4) is 0 Å². The number of rotatable bonds is 9. The number of aromatic amines is 2. The number of methoxy groups -OCH3 is 3. The number of imidazole rings is 2. The zero-order chi connectivity index (χ0) is 42.2. The van der Waals surface area contributed by atoms with Crippen LogP contribution in [0, 0.1) is 17.8 Å². The van der Waals surface area contributed by atoms with Crippen molar-refractivity contribution in [2.45, 2.75) is 57.8 Å². The van der Waals surface area contributed by atoms with Crippen LogP contribution in [0.1, 0.15) is 68.5 Å². The number of nitrogens with zero attached hydrogens (tertiary/aromatic N) is 5. The van der Waals surface area contributed by atoms with Crippen molar-refractivity contribution < 1.29 is 38.2 Å². The molecular formula is C42H49N9O8. The van der Waals surface area contributed by atoms with Crippen LogP contribution in [-0.2, 0) is 23.8 Å². The molecule has 2 aliphatic rings. The van der Waals surface area contributed by atoms with Gasteiger partial charge in [0.1, 0.15) is 29.8 Å². The lowest BCUT2D eigenvalue weighted by atomic mass is 10.0. The van der Waals surface area contributed by atoms with Gasteiger partial charge in [-0.25, -0.2) is 24.4 Å². The molecule has 17 nitrogen and oxygen atoms in total. The molecule has 0 spiro atoms. The van der Waals surface area contributed by atoms with E-state index in [0.717, 1.165) is 40.8 Å². The highest BCUT2D eigenvalue weighted by Crippen LogP contribution is 2.33. The van der Waals surface area contributed by atoms with E-state index in [4.69, 9.17) is 9.47 Å². The standard InChI is InChI=1S/C42H49N9O8/c1-25(2)35(48-41(55)58-5)39(53)50-19-7-8-33(50)36-43-22-31(46-36)29-15-11-27(12-16-29)9-10-28-13-17-30(18-14-28)32-23-44-37(47-32)34-24-49(42(56)59-6)20-21-51(34)38(52)26(3)45-40(54)57-4/h11-18,22-23,25-26,33-35H,7-8,19-21,24H2,1-6H3,(H,43,46)(H,44,47)(H,45,54)(H,48,55)/t26-,33-,34-,35-/m0/s1. The monoisotopic (exact) mass is 807 g/mol. The third-order valence-corrected chi connectivity index (χ3v) is 10.5. The number of piperazine rings is 1. The Morgan fingerprint density at radius 2 is 1.22 bits per heavy atom. The summed E-state index contributed by atoms with van der Waals surface area (Å²) in [4.78, 5) is 83.9. The summed E-state index contributed by atoms with van der Waals surface area (Å²) in [5.41, 5.74) is 4.93. The zero-order valence-corrected chi connectivity index (χ0v) is 33.9. The van der Waals surface area contributed by atoms with Crippen molar-refractivity contribution in [3.63, 3.8) is 0 Å². The van der Waals surface area contributed by atoms with Gasteiger partial charge in [-0.3, -0.25) is 9.59 Å². The molecule has 4 aromatic rings. The van der Waals surface area contributed by atoms with E-state index >= 15 is 0 Å². The Morgan fingerprint density at radius 1 is 0.695 bits per heavy atom. The second-order valence-corrected chi connectivity index (χ2v) is 14.6. The van der Waals surface area contributed by atoms with Gasteiger partial charge in [0.15, 0.2) is 0 Å². The SMILES string of the molecule is COC(=O)N[C@@H](C)C(=O)N1CCN(C(=O)OC)C[C@H]1c1ncc(-c2ccc(C#Cc3ccc(-c4cnc([C@@H]5CCCN5C(=O)[C@@H](NC(=O)OC)C(C)C)[nH]4)cc3)cc2)[nH]1. The van der Waals surface area contributed by atoms with E-state index in [2.05, 4.69) is 47.1 Å². The van der Waals surface area contributed by atoms with Gasteiger partial charge in [-0.05, 0) is 61.1 Å². The van der Waals surface area contributed by atoms with Crippen LogP contribution < -0.4 is 10.6 Å². The smallest absolute Gasteiger partial charge is 0.409 e. The number of hydrogen-bond acceptors (Lipinski definition) is 10. The second kappa shape index (κ2) is 18.6. The fraction of sp³-hybridized carbons (Fsp3) is 0.405. The highest BCUT2D eigenvalue weighted by atomic mass is 16.5. The first-order chi connectivity index (χ1) is 28.4. The van der Waals surface area contributed by atoms with Crippen molar-refractivity contribution >= 4 is 30.1 Å². The number of amides is 5. The maximum absolute atomic E-state index is 13.5. The number of likely N-dealkylation sites (tertiary alicyclic amines) is 1. The highest BCUT2D eigenvalue weighted by Gasteiger charge is 2.39. The minimum Gasteiger partial charge on any atom is -0.453 e. The molecular weight excluding hydrogens is 759 g/mol. The minimum atomic E-state index is -0.864. The zero-order valence-electron chi connectivity index (χ0n) is 33.9. The van der Waals surface area contributed by atoms with Gasteiger partial charge < -0.3 is 49.5 Å². The molecule has 4 atom stereocenters. The van der Waals surface area contributed by atoms with Crippen LogP contribution in [0.15, 0.2) is 60.9 Å². The molecule has 0 aliphatic carbocycles. The normalized spacial score (nSPS) is 17.4. The summed E-state index contributed by atoms with van der Waals surface area (Å²) in [5, 5.41) is 5.19. The second-order valence-electron chi connectivity index (χ2n) is 14.6. The number of carbonyl (C=O) groups excluding carboxylic acids is 5. The predicted molar refractivity (Wildman–Crippen MR) is 215 cm³/mol. The van der Waals surface area contributed by atoms with Gasteiger partial charge in [0.25, 0.3) is 0 Å². The summed E-state index contributed by atoms with van der Waals surface area (Å²) < 4.78 is 14.3. The average molecular weight is 808 g/mol. The van der Waals surface area contributed by atoms with Gasteiger partial charge in [-0.1, -0.05) is 50.0 Å². The van der Waals surface area contributed by atoms with E-state index in [-0.39, 0.29) is 43.4 Å². The van der Waals surface area contributed by atoms with Crippen LogP contribution in [0.5, 0.6) is 0 Å². The Labute approximate surface area is 342 Å². The number of nitrogens with one attached hydrogen (secondary N) is 4. The minimum absolute atomic E-state index is 0.120. The molecule has 310 valence electrons. The Balaban J connectivity index is 1.10. The lowest BCUT2D eigenvalue weighted by Crippen LogP contribution is -2.56. The first-order valence-corrected chi connectivity index (χ1v) is 19.4. The number of alkyl carbamates (subject to hydrolysis) is 2. The Hall–Kier alpha value is -6.83. The lowest BCUT2D eigenvalue weighted by molar-refractivity contribution is -0.138. The van der Waals surface area contributed by atoms with Crippen LogP contribution in [0.2, 0.25) is 0 Å². The topological polar surface area (TPSA) is 204 Å². The fourth-order valence-electron chi connectivity index (χ4n) is 7.23. The third kappa shape index (κ3) is 9.66. The van der Waals surface area contributed by atoms with Gasteiger partial charge in [-0.2, -0.15) is 0 Å². The van der Waals surface area contributed by atoms with Crippen LogP contribution >= 0.6 is 0 Å². The van der Waals surface area contributed by atoms with Gasteiger partial charge in [0, 0.05) is 30.8 Å². The summed E-state index contributed by atoms with van der Waals surface area (Å²) in [6.45, 7) is 6.54. The van der Waals surface area contributed by atoms with E-state index in [0.29, 0.717) is 23.9 Å². The molecule has 2 aromatic carbocycles. The number of H-pyrrole nitrogens is 2. The predicted octanol–water partition coefficient (Wildman–Crippen LogP) is 4.61. The molecule has 0 unspecified atom stereocenters. The first-order valence-electron chi connectivity index (χ1n) is 19.4. The van der Waals surface area contributed by atoms with Crippen LogP contribution in [0.25, 0.3) is 22.5 Å². The van der Waals surface area contributed by atoms with Crippen molar-refractivity contribution in [2.75, 3.05) is 47.5 Å². The fourth-order valence-corrected chi connectivity index (χ4v) is 7.23. The van der Waals surface area contributed by atoms with Crippen molar-refractivity contribution in [2.24, 2.45) is 5.92 Å². The Kier molecular flexibility index (Phi) is 13.2. The van der Waals surface area contributed by atoms with Crippen molar-refractivity contribution in [3.05, 3.63) is 83.7 Å². The van der Waals surface area contributed by atoms with Crippen LogP contribution in [0.4, 0.5) is 14.4 Å². The quantitative estimate of drug-likeness (QED) is 0.137. The van der Waals surface area contributed by atoms with Crippen molar-refractivity contribution in [3.8, 4) is 34.4 Å². The van der Waals surface area contributed by atoms with E-state index in [1.807, 2.05) is 62.4 Å². The van der Waals surface area contributed by atoms with Gasteiger partial charge in [0.2, 0.25) is 11.8 Å². The summed E-state index contributed by atoms with van der Waals surface area (Å²) in [7, 11) is 3.81. The summed E-state index contributed by atoms with van der Waals surface area (Å²) in [5.74, 6) is 6.98. The van der Waals surface area contributed by atoms with E-state index in [9.17, 15) is 24.0 Å². The number of ether oxygens (including phenoxy) is 3. The molecule has 0 bridgehead atoms. The van der Waals surface area contributed by atoms with E-state index in [1.54, 1.807) is 29.1 Å². The molecule has 0 saturated carbocycles. The van der Waals surface area contributed by atoms with Crippen molar-refractivity contribution in [1.29, 1.82) is 0 Å². The first kappa shape index (κ1) is 41.8. The molecule has 0 radical (unpaired) electrons. The highest BCUT2D eigenvalue weighted by molar-refractivity contribution is 5.87. The number of hydrogen-bond donors (Lipinski definition) is 4. The molecule has 59 heavy (non-hydrogen) atoms. The molecule has 17 heteroatoms. The molecule has 4 heterocycles. The maximum Gasteiger partial charge on any atom is 0.409 e. The molecule has 2 fully saturated rings.